The minimum atomic E-state index is -1.10. The molecule has 8 heteroatoms. The van der Waals surface area contributed by atoms with Gasteiger partial charge in [-0.05, 0) is 55.1 Å². The number of nitrogens with one attached hydrogen (secondary N) is 3. The van der Waals surface area contributed by atoms with E-state index in [1.807, 2.05) is 0 Å². The van der Waals surface area contributed by atoms with Crippen LogP contribution in [-0.2, 0) is 16.1 Å². The van der Waals surface area contributed by atoms with Crippen molar-refractivity contribution < 1.29 is 18.4 Å². The lowest BCUT2D eigenvalue weighted by molar-refractivity contribution is -0.137. The lowest BCUT2D eigenvalue weighted by atomic mass is 9.78. The molecule has 0 radical (unpaired) electrons. The topological polar surface area (TPSA) is 70.2 Å². The Labute approximate surface area is 182 Å². The molecule has 1 aliphatic heterocycles. The van der Waals surface area contributed by atoms with Gasteiger partial charge >= 0.3 is 0 Å². The van der Waals surface area contributed by atoms with Gasteiger partial charge in [0.1, 0.15) is 12.0 Å². The largest absolute Gasteiger partial charge is 0.352 e. The van der Waals surface area contributed by atoms with Crippen molar-refractivity contribution in [1.29, 1.82) is 0 Å². The molecule has 2 amide bonds. The SMILES string of the molecule is O=C(N[C@H]1CNC[C@H]1F)[C@H]1[C@H](C(=O)NCc2ccc(Br)cc2F)[C@@H]2CC[C@H]1C21CC1. The normalized spacial score (nSPS) is 35.6. The van der Waals surface area contributed by atoms with E-state index in [1.165, 1.54) is 6.07 Å². The third-order valence-corrected chi connectivity index (χ3v) is 8.38. The van der Waals surface area contributed by atoms with Crippen LogP contribution in [0.1, 0.15) is 31.2 Å². The number of hydrogen-bond acceptors (Lipinski definition) is 3. The van der Waals surface area contributed by atoms with E-state index in [0.29, 0.717) is 16.6 Å². The summed E-state index contributed by atoms with van der Waals surface area (Å²) in [6, 6.07) is 4.21. The second-order valence-electron chi connectivity index (χ2n) is 9.32. The van der Waals surface area contributed by atoms with Crippen molar-refractivity contribution in [3.05, 3.63) is 34.1 Å². The molecule has 162 valence electrons. The zero-order valence-electron chi connectivity index (χ0n) is 16.6. The van der Waals surface area contributed by atoms with Crippen LogP contribution >= 0.6 is 15.9 Å². The third-order valence-electron chi connectivity index (χ3n) is 7.89. The summed E-state index contributed by atoms with van der Waals surface area (Å²) in [6.45, 7) is 0.749. The number of rotatable bonds is 5. The van der Waals surface area contributed by atoms with Gasteiger partial charge in [0.2, 0.25) is 11.8 Å². The summed E-state index contributed by atoms with van der Waals surface area (Å²) in [4.78, 5) is 26.4. The van der Waals surface area contributed by atoms with Crippen molar-refractivity contribution in [1.82, 2.24) is 16.0 Å². The van der Waals surface area contributed by atoms with Gasteiger partial charge in [-0.15, -0.1) is 0 Å². The molecule has 1 aromatic carbocycles. The predicted octanol–water partition coefficient (Wildman–Crippen LogP) is 2.68. The molecule has 30 heavy (non-hydrogen) atoms. The van der Waals surface area contributed by atoms with Crippen molar-refractivity contribution in [2.45, 2.75) is 44.4 Å². The Morgan fingerprint density at radius 3 is 2.43 bits per heavy atom. The number of benzene rings is 1. The maximum absolute atomic E-state index is 14.1. The Morgan fingerprint density at radius 1 is 1.13 bits per heavy atom. The van der Waals surface area contributed by atoms with E-state index in [0.717, 1.165) is 25.7 Å². The van der Waals surface area contributed by atoms with E-state index in [-0.39, 0.29) is 48.0 Å². The van der Waals surface area contributed by atoms with Gasteiger partial charge in [0.05, 0.1) is 17.9 Å². The average molecular weight is 482 g/mol. The third kappa shape index (κ3) is 3.27. The maximum Gasteiger partial charge on any atom is 0.224 e. The molecule has 1 aromatic rings. The molecule has 3 saturated carbocycles. The van der Waals surface area contributed by atoms with E-state index in [1.54, 1.807) is 12.1 Å². The molecular weight excluding hydrogens is 456 g/mol. The Hall–Kier alpha value is -1.54. The minimum absolute atomic E-state index is 0.0896. The van der Waals surface area contributed by atoms with E-state index in [9.17, 15) is 18.4 Å². The second-order valence-corrected chi connectivity index (χ2v) is 10.2. The van der Waals surface area contributed by atoms with Crippen LogP contribution in [0, 0.1) is 34.9 Å². The number of carbonyl (C=O) groups is 2. The summed E-state index contributed by atoms with van der Waals surface area (Å²) in [5.41, 5.74) is 0.518. The Bertz CT molecular complexity index is 878. The van der Waals surface area contributed by atoms with Crippen LogP contribution in [0.2, 0.25) is 0 Å². The molecule has 5 rings (SSSR count). The van der Waals surface area contributed by atoms with Gasteiger partial charge in [0.25, 0.3) is 0 Å². The van der Waals surface area contributed by atoms with E-state index < -0.39 is 24.0 Å². The fourth-order valence-electron chi connectivity index (χ4n) is 6.39. The van der Waals surface area contributed by atoms with Gasteiger partial charge < -0.3 is 16.0 Å². The molecule has 4 fully saturated rings. The van der Waals surface area contributed by atoms with Crippen LogP contribution in [0.5, 0.6) is 0 Å². The van der Waals surface area contributed by atoms with Crippen molar-refractivity contribution in [2.24, 2.45) is 29.1 Å². The standard InChI is InChI=1S/C22H26BrF2N3O2/c23-12-2-1-11(15(24)7-12)8-27-20(29)18-13-3-4-14(22(13)5-6-22)19(18)21(30)28-17-10-26-9-16(17)25/h1-2,7,13-14,16-19,26H,3-6,8-10H2,(H,27,29)(H,28,30)/t13-,14+,16+,17-,18+,19+/m0/s1. The fraction of sp³-hybridized carbons (Fsp3) is 0.636. The Morgan fingerprint density at radius 2 is 1.83 bits per heavy atom. The number of carbonyl (C=O) groups excluding carboxylic acids is 2. The minimum Gasteiger partial charge on any atom is -0.352 e. The van der Waals surface area contributed by atoms with Gasteiger partial charge in [-0.1, -0.05) is 22.0 Å². The van der Waals surface area contributed by atoms with Gasteiger partial charge in [0.15, 0.2) is 0 Å². The number of hydrogen-bond donors (Lipinski definition) is 3. The second kappa shape index (κ2) is 7.55. The number of halogens is 3. The summed E-state index contributed by atoms with van der Waals surface area (Å²) in [7, 11) is 0. The van der Waals surface area contributed by atoms with Crippen LogP contribution < -0.4 is 16.0 Å². The smallest absolute Gasteiger partial charge is 0.224 e. The average Bonchev–Trinajstić information content (AvgIpc) is 3.21. The van der Waals surface area contributed by atoms with Crippen molar-refractivity contribution in [3.8, 4) is 0 Å². The first-order valence-electron chi connectivity index (χ1n) is 10.8. The van der Waals surface area contributed by atoms with Gasteiger partial charge in [-0.2, -0.15) is 0 Å². The first kappa shape index (κ1) is 20.4. The van der Waals surface area contributed by atoms with Crippen LogP contribution in [0.3, 0.4) is 0 Å². The molecule has 0 aromatic heterocycles. The van der Waals surface area contributed by atoms with Crippen LogP contribution in [0.25, 0.3) is 0 Å². The monoisotopic (exact) mass is 481 g/mol. The molecule has 1 saturated heterocycles. The predicted molar refractivity (Wildman–Crippen MR) is 111 cm³/mol. The highest BCUT2D eigenvalue weighted by molar-refractivity contribution is 9.10. The van der Waals surface area contributed by atoms with Crippen molar-refractivity contribution in [3.63, 3.8) is 0 Å². The molecule has 1 spiro atoms. The number of amides is 2. The van der Waals surface area contributed by atoms with Crippen molar-refractivity contribution >= 4 is 27.7 Å². The molecule has 3 aliphatic carbocycles. The lowest BCUT2D eigenvalue weighted by Gasteiger charge is -2.30. The first-order chi connectivity index (χ1) is 14.4. The summed E-state index contributed by atoms with van der Waals surface area (Å²) >= 11 is 3.23. The summed E-state index contributed by atoms with van der Waals surface area (Å²) in [5.74, 6) is -1.22. The molecular formula is C22H26BrF2N3O2. The molecule has 2 bridgehead atoms. The Kier molecular flexibility index (Phi) is 5.13. The van der Waals surface area contributed by atoms with Gasteiger partial charge in [-0.25, -0.2) is 8.78 Å². The molecule has 6 atom stereocenters. The molecule has 5 nitrogen and oxygen atoms in total. The molecule has 1 heterocycles. The fourth-order valence-corrected chi connectivity index (χ4v) is 6.73. The quantitative estimate of drug-likeness (QED) is 0.605. The molecule has 3 N–H and O–H groups in total. The highest BCUT2D eigenvalue weighted by atomic mass is 79.9. The van der Waals surface area contributed by atoms with Crippen LogP contribution in [0.4, 0.5) is 8.78 Å². The van der Waals surface area contributed by atoms with Crippen LogP contribution in [0.15, 0.2) is 22.7 Å². The zero-order chi connectivity index (χ0) is 21.0. The van der Waals surface area contributed by atoms with E-state index in [2.05, 4.69) is 31.9 Å². The Balaban J connectivity index is 1.32. The van der Waals surface area contributed by atoms with E-state index in [4.69, 9.17) is 0 Å². The summed E-state index contributed by atoms with van der Waals surface area (Å²) in [5, 5.41) is 8.71. The van der Waals surface area contributed by atoms with E-state index >= 15 is 0 Å². The molecule has 4 aliphatic rings. The number of alkyl halides is 1. The van der Waals surface area contributed by atoms with Gasteiger partial charge in [-0.3, -0.25) is 9.59 Å². The molecule has 0 unspecified atom stereocenters. The first-order valence-corrected chi connectivity index (χ1v) is 11.6. The lowest BCUT2D eigenvalue weighted by Crippen LogP contribution is -2.49. The van der Waals surface area contributed by atoms with Gasteiger partial charge in [0, 0.05) is 29.7 Å². The summed E-state index contributed by atoms with van der Waals surface area (Å²) < 4.78 is 28.8. The van der Waals surface area contributed by atoms with Crippen molar-refractivity contribution in [2.75, 3.05) is 13.1 Å². The summed E-state index contributed by atoms with van der Waals surface area (Å²) in [6.07, 6.45) is 2.93. The van der Waals surface area contributed by atoms with Crippen LogP contribution in [-0.4, -0.2) is 37.1 Å². The maximum atomic E-state index is 14.1. The highest BCUT2D eigenvalue weighted by Crippen LogP contribution is 2.74. The zero-order valence-corrected chi connectivity index (χ0v) is 18.2. The highest BCUT2D eigenvalue weighted by Gasteiger charge is 2.71.